The van der Waals surface area contributed by atoms with Crippen molar-refractivity contribution in [1.82, 2.24) is 0 Å². The molecule has 1 aromatic carbocycles. The van der Waals surface area contributed by atoms with E-state index in [1.165, 1.54) is 12.7 Å². The SMILES string of the molecule is COC(=O)CC(C)S(=O)CCCCc1ccccc1. The maximum atomic E-state index is 11.9. The zero-order valence-electron chi connectivity index (χ0n) is 11.6. The van der Waals surface area contributed by atoms with Crippen molar-refractivity contribution in [2.75, 3.05) is 12.9 Å². The first kappa shape index (κ1) is 15.9. The first-order valence-electron chi connectivity index (χ1n) is 6.61. The molecule has 0 aliphatic rings. The molecule has 106 valence electrons. The highest BCUT2D eigenvalue weighted by Crippen LogP contribution is 2.08. The van der Waals surface area contributed by atoms with Crippen LogP contribution in [0.5, 0.6) is 0 Å². The Labute approximate surface area is 117 Å². The molecule has 0 amide bonds. The molecule has 0 fully saturated rings. The minimum absolute atomic E-state index is 0.121. The highest BCUT2D eigenvalue weighted by atomic mass is 32.2. The van der Waals surface area contributed by atoms with E-state index in [-0.39, 0.29) is 17.6 Å². The fourth-order valence-corrected chi connectivity index (χ4v) is 3.04. The number of hydrogen-bond acceptors (Lipinski definition) is 3. The van der Waals surface area contributed by atoms with Crippen molar-refractivity contribution in [3.63, 3.8) is 0 Å². The number of rotatable bonds is 8. The maximum absolute atomic E-state index is 11.9. The zero-order valence-corrected chi connectivity index (χ0v) is 12.4. The molecule has 1 rings (SSSR count). The van der Waals surface area contributed by atoms with Crippen LogP contribution in [0.1, 0.15) is 31.7 Å². The molecule has 19 heavy (non-hydrogen) atoms. The monoisotopic (exact) mass is 282 g/mol. The summed E-state index contributed by atoms with van der Waals surface area (Å²) >= 11 is 0. The summed E-state index contributed by atoms with van der Waals surface area (Å²) in [6.45, 7) is 1.84. The van der Waals surface area contributed by atoms with E-state index in [0.717, 1.165) is 19.3 Å². The van der Waals surface area contributed by atoms with E-state index in [2.05, 4.69) is 16.9 Å². The second-order valence-electron chi connectivity index (χ2n) is 4.62. The smallest absolute Gasteiger partial charge is 0.306 e. The number of esters is 1. The van der Waals surface area contributed by atoms with E-state index < -0.39 is 10.8 Å². The van der Waals surface area contributed by atoms with Crippen LogP contribution in [-0.4, -0.2) is 28.3 Å². The summed E-state index contributed by atoms with van der Waals surface area (Å²) in [5, 5.41) is -0.121. The van der Waals surface area contributed by atoms with Crippen LogP contribution in [-0.2, 0) is 26.8 Å². The lowest BCUT2D eigenvalue weighted by Gasteiger charge is -2.09. The first-order chi connectivity index (χ1) is 9.13. The molecule has 0 N–H and O–H groups in total. The number of aryl methyl sites for hydroxylation is 1. The summed E-state index contributed by atoms with van der Waals surface area (Å²) in [5.74, 6) is 0.371. The normalized spacial score (nSPS) is 13.8. The van der Waals surface area contributed by atoms with Crippen molar-refractivity contribution in [2.24, 2.45) is 0 Å². The van der Waals surface area contributed by atoms with Gasteiger partial charge in [-0.25, -0.2) is 0 Å². The molecule has 2 atom stereocenters. The minimum atomic E-state index is -0.946. The Morgan fingerprint density at radius 3 is 2.58 bits per heavy atom. The second-order valence-corrected chi connectivity index (χ2v) is 6.59. The van der Waals surface area contributed by atoms with Gasteiger partial charge in [-0.1, -0.05) is 37.3 Å². The van der Waals surface area contributed by atoms with Gasteiger partial charge in [0.15, 0.2) is 0 Å². The predicted molar refractivity (Wildman–Crippen MR) is 78.5 cm³/mol. The molecule has 0 radical (unpaired) electrons. The molecule has 0 aromatic heterocycles. The molecular weight excluding hydrogens is 260 g/mol. The van der Waals surface area contributed by atoms with Crippen molar-refractivity contribution >= 4 is 16.8 Å². The molecule has 0 aliphatic carbocycles. The lowest BCUT2D eigenvalue weighted by atomic mass is 10.1. The van der Waals surface area contributed by atoms with Crippen LogP contribution < -0.4 is 0 Å². The highest BCUT2D eigenvalue weighted by Gasteiger charge is 2.15. The van der Waals surface area contributed by atoms with Gasteiger partial charge in [-0.3, -0.25) is 9.00 Å². The topological polar surface area (TPSA) is 43.4 Å². The molecule has 2 unspecified atom stereocenters. The van der Waals surface area contributed by atoms with E-state index in [1.807, 2.05) is 25.1 Å². The number of methoxy groups -OCH3 is 1. The Morgan fingerprint density at radius 1 is 1.26 bits per heavy atom. The molecule has 0 spiro atoms. The van der Waals surface area contributed by atoms with Crippen LogP contribution >= 0.6 is 0 Å². The molecule has 0 aliphatic heterocycles. The van der Waals surface area contributed by atoms with Crippen LogP contribution in [0.2, 0.25) is 0 Å². The van der Waals surface area contributed by atoms with Gasteiger partial charge in [0.05, 0.1) is 13.5 Å². The average Bonchev–Trinajstić information content (AvgIpc) is 2.44. The standard InChI is InChI=1S/C15H22O3S/c1-13(12-15(16)18-2)19(17)11-7-6-10-14-8-4-3-5-9-14/h3-5,8-9,13H,6-7,10-12H2,1-2H3. The van der Waals surface area contributed by atoms with Crippen LogP contribution in [0.4, 0.5) is 0 Å². The lowest BCUT2D eigenvalue weighted by Crippen LogP contribution is -2.19. The van der Waals surface area contributed by atoms with Gasteiger partial charge in [-0.2, -0.15) is 0 Å². The molecule has 0 saturated carbocycles. The van der Waals surface area contributed by atoms with Crippen LogP contribution in [0.3, 0.4) is 0 Å². The highest BCUT2D eigenvalue weighted by molar-refractivity contribution is 7.85. The quantitative estimate of drug-likeness (QED) is 0.544. The van der Waals surface area contributed by atoms with Crippen molar-refractivity contribution in [3.8, 4) is 0 Å². The number of hydrogen-bond donors (Lipinski definition) is 0. The Balaban J connectivity index is 2.18. The Bertz CT molecular complexity index is 403. The molecule has 3 nitrogen and oxygen atoms in total. The number of unbranched alkanes of at least 4 members (excludes halogenated alkanes) is 1. The summed E-state index contributed by atoms with van der Waals surface area (Å²) in [6, 6.07) is 10.3. The summed E-state index contributed by atoms with van der Waals surface area (Å²) in [7, 11) is 0.413. The second kappa shape index (κ2) is 8.86. The fraction of sp³-hybridized carbons (Fsp3) is 0.533. The van der Waals surface area contributed by atoms with E-state index in [9.17, 15) is 9.00 Å². The number of benzene rings is 1. The van der Waals surface area contributed by atoms with Gasteiger partial charge in [0.2, 0.25) is 0 Å². The van der Waals surface area contributed by atoms with Gasteiger partial charge in [-0.05, 0) is 24.8 Å². The van der Waals surface area contributed by atoms with Gasteiger partial charge in [-0.15, -0.1) is 0 Å². The Morgan fingerprint density at radius 2 is 1.95 bits per heavy atom. The molecule has 4 heteroatoms. The molecule has 1 aromatic rings. The summed E-state index contributed by atoms with van der Waals surface area (Å²) < 4.78 is 16.5. The van der Waals surface area contributed by atoms with Crippen LogP contribution in [0.25, 0.3) is 0 Å². The van der Waals surface area contributed by atoms with Crippen molar-refractivity contribution in [2.45, 2.75) is 37.9 Å². The maximum Gasteiger partial charge on any atom is 0.306 e. The molecular formula is C15H22O3S. The number of carbonyl (C=O) groups is 1. The first-order valence-corrected chi connectivity index (χ1v) is 7.99. The Kier molecular flexibility index (Phi) is 7.41. The lowest BCUT2D eigenvalue weighted by molar-refractivity contribution is -0.140. The predicted octanol–water partition coefficient (Wildman–Crippen LogP) is 2.71. The molecule has 0 saturated heterocycles. The van der Waals surface area contributed by atoms with Gasteiger partial charge >= 0.3 is 5.97 Å². The van der Waals surface area contributed by atoms with Crippen LogP contribution in [0, 0.1) is 0 Å². The number of carbonyl (C=O) groups excluding carboxylic acids is 1. The summed E-state index contributed by atoms with van der Waals surface area (Å²) in [5.41, 5.74) is 1.32. The average molecular weight is 282 g/mol. The van der Waals surface area contributed by atoms with Gasteiger partial charge in [0.25, 0.3) is 0 Å². The summed E-state index contributed by atoms with van der Waals surface area (Å²) in [6.07, 6.45) is 3.21. The van der Waals surface area contributed by atoms with Crippen LogP contribution in [0.15, 0.2) is 30.3 Å². The fourth-order valence-electron chi connectivity index (χ4n) is 1.83. The van der Waals surface area contributed by atoms with Crippen molar-refractivity contribution in [1.29, 1.82) is 0 Å². The molecule has 0 bridgehead atoms. The largest absolute Gasteiger partial charge is 0.469 e. The van der Waals surface area contributed by atoms with Crippen molar-refractivity contribution < 1.29 is 13.7 Å². The zero-order chi connectivity index (χ0) is 14.1. The van der Waals surface area contributed by atoms with E-state index in [4.69, 9.17) is 0 Å². The third-order valence-electron chi connectivity index (χ3n) is 3.03. The minimum Gasteiger partial charge on any atom is -0.469 e. The van der Waals surface area contributed by atoms with E-state index in [0.29, 0.717) is 5.75 Å². The van der Waals surface area contributed by atoms with Crippen molar-refractivity contribution in [3.05, 3.63) is 35.9 Å². The van der Waals surface area contributed by atoms with E-state index >= 15 is 0 Å². The van der Waals surface area contributed by atoms with E-state index in [1.54, 1.807) is 0 Å². The van der Waals surface area contributed by atoms with Gasteiger partial charge < -0.3 is 4.74 Å². The molecule has 0 heterocycles. The van der Waals surface area contributed by atoms with Gasteiger partial charge in [0.1, 0.15) is 0 Å². The third-order valence-corrected chi connectivity index (χ3v) is 4.79. The van der Waals surface area contributed by atoms with Gasteiger partial charge in [0, 0.05) is 21.8 Å². The summed E-state index contributed by atoms with van der Waals surface area (Å²) in [4.78, 5) is 11.1. The third kappa shape index (κ3) is 6.53. The Hall–Kier alpha value is -1.16. The number of ether oxygens (including phenoxy) is 1.